The van der Waals surface area contributed by atoms with Crippen molar-refractivity contribution in [3.8, 4) is 0 Å². The zero-order valence-electron chi connectivity index (χ0n) is 9.90. The van der Waals surface area contributed by atoms with E-state index >= 15 is 0 Å². The van der Waals surface area contributed by atoms with E-state index in [0.29, 0.717) is 0 Å². The zero-order chi connectivity index (χ0) is 8.49. The van der Waals surface area contributed by atoms with E-state index in [2.05, 4.69) is 0 Å². The molecule has 2 fully saturated rings. The molecule has 0 spiro atoms. The Hall–Kier alpha value is -0.0800. The van der Waals surface area contributed by atoms with Crippen molar-refractivity contribution in [1.29, 1.82) is 0 Å². The third-order valence-corrected chi connectivity index (χ3v) is 3.00. The molecule has 2 saturated carbocycles. The summed E-state index contributed by atoms with van der Waals surface area (Å²) >= 11 is 0. The van der Waals surface area contributed by atoms with Crippen LogP contribution in [0.5, 0.6) is 0 Å². The fraction of sp³-hybridized carbons (Fsp3) is 1.00. The van der Waals surface area contributed by atoms with Gasteiger partial charge in [0, 0.05) is 0 Å². The molecule has 0 heterocycles. The fourth-order valence-electron chi connectivity index (χ4n) is 2.12. The van der Waals surface area contributed by atoms with E-state index in [1.165, 1.54) is 77.0 Å². The van der Waals surface area contributed by atoms with Gasteiger partial charge in [0.2, 0.25) is 0 Å². The van der Waals surface area contributed by atoms with Crippen LogP contribution in [0.4, 0.5) is 0 Å². The minimum atomic E-state index is 0. The highest BCUT2D eigenvalue weighted by molar-refractivity contribution is 4.51. The molecule has 0 radical (unpaired) electrons. The molecule has 6 N–H and O–H groups in total. The molecule has 2 heteroatoms. The van der Waals surface area contributed by atoms with Gasteiger partial charge in [0.15, 0.2) is 0 Å². The minimum Gasteiger partial charge on any atom is -0.344 e. The van der Waals surface area contributed by atoms with Crippen LogP contribution >= 0.6 is 0 Å². The molecule has 0 unspecified atom stereocenters. The van der Waals surface area contributed by atoms with Gasteiger partial charge in [0.05, 0.1) is 0 Å². The Balaban J connectivity index is -0.000000160. The smallest absolute Gasteiger partial charge is 0.0533 e. The summed E-state index contributed by atoms with van der Waals surface area (Å²) in [6.07, 6.45) is 18.0. The van der Waals surface area contributed by atoms with Gasteiger partial charge >= 0.3 is 0 Å². The molecular weight excluding hydrogens is 184 g/mol. The van der Waals surface area contributed by atoms with Crippen molar-refractivity contribution < 1.29 is 0 Å². The molecule has 2 aliphatic carbocycles. The largest absolute Gasteiger partial charge is 0.344 e. The summed E-state index contributed by atoms with van der Waals surface area (Å²) in [7, 11) is 0. The molecule has 2 aliphatic rings. The molecule has 0 aromatic heterocycles. The second-order valence-corrected chi connectivity index (χ2v) is 4.24. The van der Waals surface area contributed by atoms with Gasteiger partial charge in [0.1, 0.15) is 0 Å². The summed E-state index contributed by atoms with van der Waals surface area (Å²) in [6, 6.07) is 0. The molecular formula is C13H34N2. The maximum absolute atomic E-state index is 1.50. The summed E-state index contributed by atoms with van der Waals surface area (Å²) in [4.78, 5) is 0. The Kier molecular flexibility index (Phi) is 22.2. The Labute approximate surface area is 97.4 Å². The second-order valence-electron chi connectivity index (χ2n) is 4.24. The lowest BCUT2D eigenvalue weighted by molar-refractivity contribution is 0.504. The number of hydrogen-bond acceptors (Lipinski definition) is 2. The standard InChI is InChI=1S/2C6H12.CH4.2H3N/c2*1-2-4-6-5-3-1;;;/h2*1-6H2;1H4;2*1H3. The van der Waals surface area contributed by atoms with E-state index in [4.69, 9.17) is 0 Å². The van der Waals surface area contributed by atoms with Crippen molar-refractivity contribution >= 4 is 0 Å². The Morgan fingerprint density at radius 3 is 0.400 bits per heavy atom. The normalized spacial score (nSPS) is 19.2. The summed E-state index contributed by atoms with van der Waals surface area (Å²) in [6.45, 7) is 0. The molecule has 15 heavy (non-hydrogen) atoms. The maximum Gasteiger partial charge on any atom is -0.0533 e. The molecule has 0 aliphatic heterocycles. The molecule has 0 saturated heterocycles. The Bertz CT molecular complexity index is 51.5. The summed E-state index contributed by atoms with van der Waals surface area (Å²) < 4.78 is 0. The van der Waals surface area contributed by atoms with E-state index in [1.807, 2.05) is 0 Å². The second kappa shape index (κ2) is 16.4. The van der Waals surface area contributed by atoms with E-state index in [0.717, 1.165) is 0 Å². The lowest BCUT2D eigenvalue weighted by Gasteiger charge is -2.05. The van der Waals surface area contributed by atoms with Crippen LogP contribution in [0.1, 0.15) is 84.5 Å². The summed E-state index contributed by atoms with van der Waals surface area (Å²) in [5.41, 5.74) is 0. The molecule has 96 valence electrons. The van der Waals surface area contributed by atoms with E-state index in [-0.39, 0.29) is 19.7 Å². The average molecular weight is 218 g/mol. The average Bonchev–Trinajstić information content (AvgIpc) is 2.24. The predicted molar refractivity (Wildman–Crippen MR) is 72.2 cm³/mol. The highest BCUT2D eigenvalue weighted by atomic mass is 14.0. The quantitative estimate of drug-likeness (QED) is 0.552. The van der Waals surface area contributed by atoms with Crippen molar-refractivity contribution in [3.05, 3.63) is 0 Å². The van der Waals surface area contributed by atoms with Crippen LogP contribution in [0, 0.1) is 0 Å². The SMILES string of the molecule is C.C1CCCCC1.C1CCCCC1.N.N. The van der Waals surface area contributed by atoms with Gasteiger partial charge in [-0.05, 0) is 0 Å². The first-order valence-electron chi connectivity index (χ1n) is 6.00. The first-order chi connectivity index (χ1) is 6.00. The van der Waals surface area contributed by atoms with Crippen LogP contribution < -0.4 is 12.3 Å². The lowest BCUT2D eigenvalue weighted by Crippen LogP contribution is -1.85. The van der Waals surface area contributed by atoms with Crippen molar-refractivity contribution in [2.45, 2.75) is 84.5 Å². The fourth-order valence-corrected chi connectivity index (χ4v) is 2.12. The Morgan fingerprint density at radius 1 is 0.267 bits per heavy atom. The molecule has 2 nitrogen and oxygen atoms in total. The number of rotatable bonds is 0. The van der Waals surface area contributed by atoms with E-state index < -0.39 is 0 Å². The van der Waals surface area contributed by atoms with Crippen LogP contribution in [0.2, 0.25) is 0 Å². The van der Waals surface area contributed by atoms with Gasteiger partial charge < -0.3 is 12.3 Å². The zero-order valence-corrected chi connectivity index (χ0v) is 9.90. The lowest BCUT2D eigenvalue weighted by atomic mass is 10.0. The topological polar surface area (TPSA) is 70.0 Å². The van der Waals surface area contributed by atoms with Crippen molar-refractivity contribution in [1.82, 2.24) is 12.3 Å². The highest BCUT2D eigenvalue weighted by Crippen LogP contribution is 2.15. The van der Waals surface area contributed by atoms with Crippen LogP contribution in [-0.4, -0.2) is 0 Å². The predicted octanol–water partition coefficient (Wildman–Crippen LogP) is 5.64. The van der Waals surface area contributed by atoms with Crippen molar-refractivity contribution in [3.63, 3.8) is 0 Å². The monoisotopic (exact) mass is 218 g/mol. The molecule has 0 amide bonds. The molecule has 2 rings (SSSR count). The van der Waals surface area contributed by atoms with Gasteiger partial charge in [-0.3, -0.25) is 0 Å². The Morgan fingerprint density at radius 2 is 0.333 bits per heavy atom. The first-order valence-corrected chi connectivity index (χ1v) is 6.00. The van der Waals surface area contributed by atoms with Gasteiger partial charge in [-0.15, -0.1) is 0 Å². The first kappa shape index (κ1) is 20.3. The van der Waals surface area contributed by atoms with Gasteiger partial charge in [-0.1, -0.05) is 84.5 Å². The summed E-state index contributed by atoms with van der Waals surface area (Å²) in [5.74, 6) is 0. The highest BCUT2D eigenvalue weighted by Gasteiger charge is 1.96. The van der Waals surface area contributed by atoms with Crippen LogP contribution in [0.3, 0.4) is 0 Å². The van der Waals surface area contributed by atoms with E-state index in [9.17, 15) is 0 Å². The van der Waals surface area contributed by atoms with Gasteiger partial charge in [0.25, 0.3) is 0 Å². The van der Waals surface area contributed by atoms with E-state index in [1.54, 1.807) is 0 Å². The third kappa shape index (κ3) is 13.9. The van der Waals surface area contributed by atoms with Crippen LogP contribution in [-0.2, 0) is 0 Å². The van der Waals surface area contributed by atoms with Crippen molar-refractivity contribution in [2.24, 2.45) is 0 Å². The van der Waals surface area contributed by atoms with Crippen LogP contribution in [0.15, 0.2) is 0 Å². The molecule has 0 atom stereocenters. The molecule has 0 aromatic carbocycles. The molecule has 0 bridgehead atoms. The van der Waals surface area contributed by atoms with Gasteiger partial charge in [-0.25, -0.2) is 0 Å². The minimum absolute atomic E-state index is 0. The molecule has 0 aromatic rings. The summed E-state index contributed by atoms with van der Waals surface area (Å²) in [5, 5.41) is 0. The van der Waals surface area contributed by atoms with Crippen LogP contribution in [0.25, 0.3) is 0 Å². The van der Waals surface area contributed by atoms with Crippen molar-refractivity contribution in [2.75, 3.05) is 0 Å². The maximum atomic E-state index is 1.50. The van der Waals surface area contributed by atoms with Gasteiger partial charge in [-0.2, -0.15) is 0 Å². The number of hydrogen-bond donors (Lipinski definition) is 2. The third-order valence-electron chi connectivity index (χ3n) is 3.00.